The Labute approximate surface area is 171 Å². The van der Waals surface area contributed by atoms with Crippen LogP contribution >= 0.6 is 11.3 Å². The van der Waals surface area contributed by atoms with Gasteiger partial charge in [0, 0.05) is 19.7 Å². The number of amides is 3. The van der Waals surface area contributed by atoms with Crippen molar-refractivity contribution in [1.82, 2.24) is 0 Å². The molecule has 0 saturated heterocycles. The molecule has 1 heterocycles. The minimum absolute atomic E-state index is 0.0803. The number of para-hydroxylation sites is 1. The summed E-state index contributed by atoms with van der Waals surface area (Å²) < 4.78 is 14.2. The van der Waals surface area contributed by atoms with E-state index in [9.17, 15) is 18.8 Å². The zero-order valence-electron chi connectivity index (χ0n) is 15.7. The number of nitrogens with one attached hydrogen (secondary N) is 2. The molecule has 3 amide bonds. The first-order valence-corrected chi connectivity index (χ1v) is 9.54. The van der Waals surface area contributed by atoms with Crippen LogP contribution in [0.15, 0.2) is 60.0 Å². The SMILES string of the molecule is CC(=O)Nc1ccc(F)c(NC(=O)c2ccccc2N(C)C(=O)c2cccs2)c1. The molecule has 0 aliphatic carbocycles. The Balaban J connectivity index is 1.87. The summed E-state index contributed by atoms with van der Waals surface area (Å²) in [5, 5.41) is 6.84. The molecule has 0 radical (unpaired) electrons. The maximum absolute atomic E-state index is 14.2. The number of hydrogen-bond acceptors (Lipinski definition) is 4. The highest BCUT2D eigenvalue weighted by Gasteiger charge is 2.21. The fraction of sp³-hybridized carbons (Fsp3) is 0.0952. The van der Waals surface area contributed by atoms with Gasteiger partial charge >= 0.3 is 0 Å². The third-order valence-corrected chi connectivity index (χ3v) is 4.94. The molecule has 2 N–H and O–H groups in total. The molecule has 0 unspecified atom stereocenters. The second-order valence-electron chi connectivity index (χ2n) is 6.19. The van der Waals surface area contributed by atoms with Gasteiger partial charge in [-0.3, -0.25) is 14.4 Å². The average Bonchev–Trinajstić information content (AvgIpc) is 3.23. The third-order valence-electron chi connectivity index (χ3n) is 4.08. The standard InChI is InChI=1S/C21H18FN3O3S/c1-13(26)23-14-9-10-16(22)17(12-14)24-20(27)15-6-3-4-7-18(15)25(2)21(28)19-8-5-11-29-19/h3-12H,1-2H3,(H,23,26)(H,24,27). The molecule has 0 aliphatic rings. The minimum Gasteiger partial charge on any atom is -0.326 e. The van der Waals surface area contributed by atoms with E-state index in [0.717, 1.165) is 6.07 Å². The van der Waals surface area contributed by atoms with Crippen molar-refractivity contribution in [3.8, 4) is 0 Å². The fourth-order valence-electron chi connectivity index (χ4n) is 2.72. The molecule has 0 saturated carbocycles. The molecule has 8 heteroatoms. The number of benzene rings is 2. The van der Waals surface area contributed by atoms with Crippen LogP contribution in [0.4, 0.5) is 21.5 Å². The van der Waals surface area contributed by atoms with Crippen molar-refractivity contribution >= 4 is 46.1 Å². The van der Waals surface area contributed by atoms with Crippen LogP contribution in [-0.2, 0) is 4.79 Å². The largest absolute Gasteiger partial charge is 0.326 e. The van der Waals surface area contributed by atoms with Crippen LogP contribution in [0.2, 0.25) is 0 Å². The van der Waals surface area contributed by atoms with Gasteiger partial charge in [0.15, 0.2) is 0 Å². The lowest BCUT2D eigenvalue weighted by Gasteiger charge is -2.20. The summed E-state index contributed by atoms with van der Waals surface area (Å²) in [7, 11) is 1.58. The van der Waals surface area contributed by atoms with Gasteiger partial charge in [0.2, 0.25) is 5.91 Å². The molecular formula is C21H18FN3O3S. The van der Waals surface area contributed by atoms with E-state index in [0.29, 0.717) is 16.3 Å². The van der Waals surface area contributed by atoms with Crippen LogP contribution in [-0.4, -0.2) is 24.8 Å². The molecule has 6 nitrogen and oxygen atoms in total. The number of anilines is 3. The van der Waals surface area contributed by atoms with E-state index < -0.39 is 11.7 Å². The van der Waals surface area contributed by atoms with E-state index >= 15 is 0 Å². The van der Waals surface area contributed by atoms with Crippen LogP contribution in [0, 0.1) is 5.82 Å². The Kier molecular flexibility index (Phi) is 6.04. The van der Waals surface area contributed by atoms with Crippen molar-refractivity contribution < 1.29 is 18.8 Å². The topological polar surface area (TPSA) is 78.5 Å². The van der Waals surface area contributed by atoms with Crippen LogP contribution in [0.1, 0.15) is 27.0 Å². The van der Waals surface area contributed by atoms with E-state index in [1.165, 1.54) is 35.3 Å². The van der Waals surface area contributed by atoms with Crippen molar-refractivity contribution in [1.29, 1.82) is 0 Å². The van der Waals surface area contributed by atoms with Crippen molar-refractivity contribution in [3.05, 3.63) is 76.2 Å². The van der Waals surface area contributed by atoms with Crippen LogP contribution in [0.3, 0.4) is 0 Å². The van der Waals surface area contributed by atoms with Crippen molar-refractivity contribution in [2.24, 2.45) is 0 Å². The number of hydrogen-bond donors (Lipinski definition) is 2. The van der Waals surface area contributed by atoms with Gasteiger partial charge in [-0.1, -0.05) is 18.2 Å². The number of rotatable bonds is 5. The zero-order chi connectivity index (χ0) is 21.0. The predicted octanol–water partition coefficient (Wildman–Crippen LogP) is 4.37. The van der Waals surface area contributed by atoms with Gasteiger partial charge in [-0.2, -0.15) is 0 Å². The number of halogens is 1. The Bertz CT molecular complexity index is 1070. The van der Waals surface area contributed by atoms with Crippen LogP contribution in [0.5, 0.6) is 0 Å². The second-order valence-corrected chi connectivity index (χ2v) is 7.14. The van der Waals surface area contributed by atoms with Crippen molar-refractivity contribution in [3.63, 3.8) is 0 Å². The monoisotopic (exact) mass is 411 g/mol. The Morgan fingerprint density at radius 1 is 1.00 bits per heavy atom. The molecular weight excluding hydrogens is 393 g/mol. The van der Waals surface area contributed by atoms with E-state index in [1.54, 1.807) is 48.8 Å². The molecule has 148 valence electrons. The summed E-state index contributed by atoms with van der Waals surface area (Å²) in [6.45, 7) is 1.33. The second kappa shape index (κ2) is 8.66. The maximum atomic E-state index is 14.2. The van der Waals surface area contributed by atoms with Gasteiger partial charge in [-0.25, -0.2) is 4.39 Å². The normalized spacial score (nSPS) is 10.3. The summed E-state index contributed by atoms with van der Waals surface area (Å²) >= 11 is 1.30. The van der Waals surface area contributed by atoms with Crippen LogP contribution < -0.4 is 15.5 Å². The zero-order valence-corrected chi connectivity index (χ0v) is 16.5. The smallest absolute Gasteiger partial charge is 0.268 e. The summed E-state index contributed by atoms with van der Waals surface area (Å²) in [5.41, 5.74) is 0.877. The first-order valence-electron chi connectivity index (χ1n) is 8.66. The minimum atomic E-state index is -0.645. The predicted molar refractivity (Wildman–Crippen MR) is 112 cm³/mol. The number of carbonyl (C=O) groups excluding carboxylic acids is 3. The Morgan fingerprint density at radius 2 is 1.76 bits per heavy atom. The molecule has 0 spiro atoms. The first kappa shape index (κ1) is 20.2. The Hall–Kier alpha value is -3.52. The van der Waals surface area contributed by atoms with E-state index in [4.69, 9.17) is 0 Å². The maximum Gasteiger partial charge on any atom is 0.268 e. The molecule has 1 aromatic heterocycles. The third kappa shape index (κ3) is 4.67. The molecule has 29 heavy (non-hydrogen) atoms. The quantitative estimate of drug-likeness (QED) is 0.654. The first-order chi connectivity index (χ1) is 13.9. The molecule has 0 fully saturated rings. The van der Waals surface area contributed by atoms with E-state index in [2.05, 4.69) is 10.6 Å². The molecule has 0 bridgehead atoms. The van der Waals surface area contributed by atoms with Crippen molar-refractivity contribution in [2.45, 2.75) is 6.92 Å². The van der Waals surface area contributed by atoms with Gasteiger partial charge in [-0.05, 0) is 41.8 Å². The highest BCUT2D eigenvalue weighted by molar-refractivity contribution is 7.12. The van der Waals surface area contributed by atoms with Gasteiger partial charge < -0.3 is 15.5 Å². The Morgan fingerprint density at radius 3 is 2.45 bits per heavy atom. The lowest BCUT2D eigenvalue weighted by atomic mass is 10.1. The number of carbonyl (C=O) groups is 3. The lowest BCUT2D eigenvalue weighted by Crippen LogP contribution is -2.28. The van der Waals surface area contributed by atoms with Crippen LogP contribution in [0.25, 0.3) is 0 Å². The number of nitrogens with zero attached hydrogens (tertiary/aromatic N) is 1. The summed E-state index contributed by atoms with van der Waals surface area (Å²) in [4.78, 5) is 38.6. The van der Waals surface area contributed by atoms with Crippen molar-refractivity contribution in [2.75, 3.05) is 22.6 Å². The summed E-state index contributed by atoms with van der Waals surface area (Å²) in [6.07, 6.45) is 0. The molecule has 2 aromatic carbocycles. The summed E-state index contributed by atoms with van der Waals surface area (Å²) in [6, 6.07) is 13.9. The van der Waals surface area contributed by atoms with Gasteiger partial charge in [0.1, 0.15) is 5.82 Å². The molecule has 0 atom stereocenters. The van der Waals surface area contributed by atoms with Gasteiger partial charge in [-0.15, -0.1) is 11.3 Å². The molecule has 3 aromatic rings. The summed E-state index contributed by atoms with van der Waals surface area (Å²) in [5.74, 6) is -1.79. The fourth-order valence-corrected chi connectivity index (χ4v) is 3.42. The van der Waals surface area contributed by atoms with Gasteiger partial charge in [0.05, 0.1) is 21.8 Å². The lowest BCUT2D eigenvalue weighted by molar-refractivity contribution is -0.114. The van der Waals surface area contributed by atoms with E-state index in [1.807, 2.05) is 0 Å². The number of thiophene rings is 1. The van der Waals surface area contributed by atoms with E-state index in [-0.39, 0.29) is 23.1 Å². The highest BCUT2D eigenvalue weighted by atomic mass is 32.1. The average molecular weight is 411 g/mol. The van der Waals surface area contributed by atoms with Gasteiger partial charge in [0.25, 0.3) is 11.8 Å². The highest BCUT2D eigenvalue weighted by Crippen LogP contribution is 2.25. The molecule has 0 aliphatic heterocycles. The molecule has 3 rings (SSSR count).